The maximum absolute atomic E-state index is 12.5. The smallest absolute Gasteiger partial charge is 0.423 e. The molecule has 2 N–H and O–H groups in total. The van der Waals surface area contributed by atoms with Crippen molar-refractivity contribution in [1.29, 1.82) is 0 Å². The lowest BCUT2D eigenvalue weighted by atomic mass is 9.77. The summed E-state index contributed by atoms with van der Waals surface area (Å²) in [6, 6.07) is 5.18. The standard InChI is InChI=1S/C16H26BNO3/c1-6-18(7-2)15(19)13-8-12(11-16(3,4)5)9-14(10-13)17(20)21/h8-10,20-21H,6-7,11H2,1-5H3. The highest BCUT2D eigenvalue weighted by molar-refractivity contribution is 6.58. The zero-order chi connectivity index (χ0) is 16.2. The van der Waals surface area contributed by atoms with Gasteiger partial charge in [-0.25, -0.2) is 0 Å². The number of amides is 1. The maximum atomic E-state index is 12.5. The summed E-state index contributed by atoms with van der Waals surface area (Å²) in [4.78, 5) is 14.2. The van der Waals surface area contributed by atoms with Gasteiger partial charge in [-0.3, -0.25) is 4.79 Å². The lowest BCUT2D eigenvalue weighted by Gasteiger charge is -2.22. The Morgan fingerprint density at radius 3 is 2.14 bits per heavy atom. The second-order valence-electron chi connectivity index (χ2n) is 6.55. The van der Waals surface area contributed by atoms with Gasteiger partial charge in [0.25, 0.3) is 5.91 Å². The molecule has 1 amide bonds. The average molecular weight is 291 g/mol. The van der Waals surface area contributed by atoms with Crippen molar-refractivity contribution in [2.75, 3.05) is 13.1 Å². The van der Waals surface area contributed by atoms with Gasteiger partial charge in [0.2, 0.25) is 0 Å². The number of hydrogen-bond acceptors (Lipinski definition) is 3. The lowest BCUT2D eigenvalue weighted by Crippen LogP contribution is -2.34. The van der Waals surface area contributed by atoms with Gasteiger partial charge in [-0.2, -0.15) is 0 Å². The van der Waals surface area contributed by atoms with E-state index in [0.29, 0.717) is 24.1 Å². The number of carbonyl (C=O) groups excluding carboxylic acids is 1. The first-order valence-corrected chi connectivity index (χ1v) is 7.47. The Morgan fingerprint density at radius 2 is 1.71 bits per heavy atom. The van der Waals surface area contributed by atoms with Gasteiger partial charge in [0.1, 0.15) is 0 Å². The summed E-state index contributed by atoms with van der Waals surface area (Å²) in [5.74, 6) is -0.0716. The van der Waals surface area contributed by atoms with Crippen molar-refractivity contribution in [3.63, 3.8) is 0 Å². The van der Waals surface area contributed by atoms with Gasteiger partial charge in [-0.1, -0.05) is 26.8 Å². The van der Waals surface area contributed by atoms with Crippen LogP contribution in [0.15, 0.2) is 18.2 Å². The molecule has 0 spiro atoms. The Balaban J connectivity index is 3.22. The highest BCUT2D eigenvalue weighted by Gasteiger charge is 2.20. The highest BCUT2D eigenvalue weighted by Crippen LogP contribution is 2.21. The zero-order valence-corrected chi connectivity index (χ0v) is 13.7. The van der Waals surface area contributed by atoms with E-state index in [1.807, 2.05) is 19.9 Å². The van der Waals surface area contributed by atoms with Gasteiger partial charge < -0.3 is 14.9 Å². The molecule has 1 rings (SSSR count). The molecule has 0 unspecified atom stereocenters. The molecule has 0 aromatic heterocycles. The van der Waals surface area contributed by atoms with E-state index in [1.54, 1.807) is 17.0 Å². The van der Waals surface area contributed by atoms with Crippen molar-refractivity contribution in [3.05, 3.63) is 29.3 Å². The van der Waals surface area contributed by atoms with Crippen LogP contribution < -0.4 is 5.46 Å². The first-order valence-electron chi connectivity index (χ1n) is 7.47. The van der Waals surface area contributed by atoms with Crippen LogP contribution in [0.3, 0.4) is 0 Å². The van der Waals surface area contributed by atoms with E-state index in [2.05, 4.69) is 20.8 Å². The molecule has 1 aromatic rings. The van der Waals surface area contributed by atoms with Crippen LogP contribution in [0.2, 0.25) is 0 Å². The number of nitrogens with zero attached hydrogens (tertiary/aromatic N) is 1. The topological polar surface area (TPSA) is 60.8 Å². The number of benzene rings is 1. The molecule has 0 radical (unpaired) electrons. The zero-order valence-electron chi connectivity index (χ0n) is 13.7. The number of carbonyl (C=O) groups is 1. The van der Waals surface area contributed by atoms with Crippen LogP contribution in [-0.2, 0) is 6.42 Å². The second-order valence-corrected chi connectivity index (χ2v) is 6.55. The summed E-state index contributed by atoms with van der Waals surface area (Å²) in [6.07, 6.45) is 0.770. The molecule has 4 nitrogen and oxygen atoms in total. The van der Waals surface area contributed by atoms with Gasteiger partial charge >= 0.3 is 7.12 Å². The van der Waals surface area contributed by atoms with Crippen LogP contribution in [0, 0.1) is 5.41 Å². The van der Waals surface area contributed by atoms with Gasteiger partial charge in [0, 0.05) is 18.7 Å². The molecule has 0 heterocycles. The fourth-order valence-electron chi connectivity index (χ4n) is 2.40. The van der Waals surface area contributed by atoms with Crippen LogP contribution >= 0.6 is 0 Å². The normalized spacial score (nSPS) is 11.4. The van der Waals surface area contributed by atoms with Crippen LogP contribution in [-0.4, -0.2) is 41.1 Å². The SMILES string of the molecule is CCN(CC)C(=O)c1cc(CC(C)(C)C)cc(B(O)O)c1. The molecule has 1 aromatic carbocycles. The maximum Gasteiger partial charge on any atom is 0.488 e. The third kappa shape index (κ3) is 5.18. The first kappa shape index (κ1) is 17.7. The summed E-state index contributed by atoms with van der Waals surface area (Å²) in [7, 11) is -1.56. The van der Waals surface area contributed by atoms with Crippen molar-refractivity contribution in [2.24, 2.45) is 5.41 Å². The van der Waals surface area contributed by atoms with Crippen molar-refractivity contribution in [1.82, 2.24) is 4.90 Å². The highest BCUT2D eigenvalue weighted by atomic mass is 16.4. The predicted octanol–water partition coefficient (Wildman–Crippen LogP) is 1.44. The van der Waals surface area contributed by atoms with Gasteiger partial charge in [-0.05, 0) is 48.8 Å². The molecule has 21 heavy (non-hydrogen) atoms. The van der Waals surface area contributed by atoms with E-state index in [1.165, 1.54) is 0 Å². The predicted molar refractivity (Wildman–Crippen MR) is 86.7 cm³/mol. The molecule has 0 aliphatic carbocycles. The van der Waals surface area contributed by atoms with E-state index < -0.39 is 7.12 Å². The van der Waals surface area contributed by atoms with Gasteiger partial charge in [0.05, 0.1) is 0 Å². The monoisotopic (exact) mass is 291 g/mol. The molecule has 0 atom stereocenters. The minimum absolute atomic E-state index is 0.0640. The van der Waals surface area contributed by atoms with Crippen molar-refractivity contribution < 1.29 is 14.8 Å². The fraction of sp³-hybridized carbons (Fsp3) is 0.562. The van der Waals surface area contributed by atoms with E-state index in [0.717, 1.165) is 12.0 Å². The largest absolute Gasteiger partial charge is 0.488 e. The minimum atomic E-state index is -1.56. The van der Waals surface area contributed by atoms with Crippen LogP contribution in [0.5, 0.6) is 0 Å². The third-order valence-corrected chi connectivity index (χ3v) is 3.35. The molecule has 5 heteroatoms. The molecular formula is C16H26BNO3. The summed E-state index contributed by atoms with van der Waals surface area (Å²) in [5.41, 5.74) is 1.90. The Hall–Kier alpha value is -1.33. The van der Waals surface area contributed by atoms with E-state index in [9.17, 15) is 14.8 Å². The van der Waals surface area contributed by atoms with E-state index in [4.69, 9.17) is 0 Å². The Kier molecular flexibility index (Phi) is 5.99. The van der Waals surface area contributed by atoms with Gasteiger partial charge in [0.15, 0.2) is 0 Å². The van der Waals surface area contributed by atoms with Gasteiger partial charge in [-0.15, -0.1) is 0 Å². The molecule has 0 aliphatic rings. The van der Waals surface area contributed by atoms with Crippen molar-refractivity contribution >= 4 is 18.5 Å². The van der Waals surface area contributed by atoms with E-state index in [-0.39, 0.29) is 11.3 Å². The quantitative estimate of drug-likeness (QED) is 0.807. The minimum Gasteiger partial charge on any atom is -0.423 e. The summed E-state index contributed by atoms with van der Waals surface area (Å²) >= 11 is 0. The van der Waals surface area contributed by atoms with Crippen LogP contribution in [0.25, 0.3) is 0 Å². The third-order valence-electron chi connectivity index (χ3n) is 3.35. The fourth-order valence-corrected chi connectivity index (χ4v) is 2.40. The molecule has 0 bridgehead atoms. The summed E-state index contributed by atoms with van der Waals surface area (Å²) in [5, 5.41) is 18.9. The Bertz CT molecular complexity index is 491. The van der Waals surface area contributed by atoms with Crippen molar-refractivity contribution in [3.8, 4) is 0 Å². The Labute approximate surface area is 127 Å². The molecule has 0 saturated heterocycles. The summed E-state index contributed by atoms with van der Waals surface area (Å²) in [6.45, 7) is 11.5. The first-order chi connectivity index (χ1) is 9.67. The number of hydrogen-bond donors (Lipinski definition) is 2. The molecule has 0 fully saturated rings. The van der Waals surface area contributed by atoms with E-state index >= 15 is 0 Å². The second kappa shape index (κ2) is 7.10. The average Bonchev–Trinajstić information content (AvgIpc) is 2.37. The molecule has 0 aliphatic heterocycles. The lowest BCUT2D eigenvalue weighted by molar-refractivity contribution is 0.0773. The van der Waals surface area contributed by atoms with Crippen LogP contribution in [0.1, 0.15) is 50.5 Å². The van der Waals surface area contributed by atoms with Crippen LogP contribution in [0.4, 0.5) is 0 Å². The molecule has 0 saturated carbocycles. The Morgan fingerprint density at radius 1 is 1.14 bits per heavy atom. The van der Waals surface area contributed by atoms with Crippen molar-refractivity contribution in [2.45, 2.75) is 41.0 Å². The molecular weight excluding hydrogens is 265 g/mol. The summed E-state index contributed by atoms with van der Waals surface area (Å²) < 4.78 is 0. The molecule has 116 valence electrons. The number of rotatable bonds is 5.